The Morgan fingerprint density at radius 2 is 2.36 bits per heavy atom. The van der Waals surface area contributed by atoms with Crippen molar-refractivity contribution in [1.29, 1.82) is 0 Å². The minimum absolute atomic E-state index is 0.228. The Morgan fingerprint density at radius 1 is 1.57 bits per heavy atom. The van der Waals surface area contributed by atoms with E-state index in [1.54, 1.807) is 0 Å². The zero-order valence-electron chi connectivity index (χ0n) is 9.25. The number of aldehydes is 1. The van der Waals surface area contributed by atoms with Gasteiger partial charge in [-0.3, -0.25) is 0 Å². The normalized spacial score (nSPS) is 24.9. The highest BCUT2D eigenvalue weighted by Crippen LogP contribution is 2.27. The Balaban J connectivity index is 2.57. The molecular formula is C13H20O. The van der Waals surface area contributed by atoms with Gasteiger partial charge in [-0.05, 0) is 31.8 Å². The van der Waals surface area contributed by atoms with Crippen LogP contribution in [-0.4, -0.2) is 6.29 Å². The summed E-state index contributed by atoms with van der Waals surface area (Å²) in [6, 6.07) is 0. The molecule has 14 heavy (non-hydrogen) atoms. The van der Waals surface area contributed by atoms with Gasteiger partial charge in [-0.2, -0.15) is 0 Å². The van der Waals surface area contributed by atoms with Gasteiger partial charge in [0, 0.05) is 5.92 Å². The van der Waals surface area contributed by atoms with Gasteiger partial charge in [0.1, 0.15) is 6.29 Å². The monoisotopic (exact) mass is 192 g/mol. The average molecular weight is 192 g/mol. The summed E-state index contributed by atoms with van der Waals surface area (Å²) in [6.45, 7) is 4.36. The van der Waals surface area contributed by atoms with Gasteiger partial charge in [-0.1, -0.05) is 37.5 Å². The van der Waals surface area contributed by atoms with E-state index in [4.69, 9.17) is 0 Å². The van der Waals surface area contributed by atoms with E-state index in [1.807, 2.05) is 0 Å². The Bertz CT molecular complexity index is 248. The first-order chi connectivity index (χ1) is 6.77. The van der Waals surface area contributed by atoms with Crippen molar-refractivity contribution in [2.24, 2.45) is 5.92 Å². The minimum Gasteiger partial charge on any atom is -0.303 e. The molecule has 1 atom stereocenters. The lowest BCUT2D eigenvalue weighted by Crippen LogP contribution is -2.08. The predicted molar refractivity (Wildman–Crippen MR) is 60.2 cm³/mol. The minimum atomic E-state index is 0.228. The van der Waals surface area contributed by atoms with E-state index in [0.717, 1.165) is 25.5 Å². The highest BCUT2D eigenvalue weighted by Gasteiger charge is 2.14. The molecule has 1 rings (SSSR count). The maximum atomic E-state index is 10.7. The highest BCUT2D eigenvalue weighted by atomic mass is 16.1. The third-order valence-corrected chi connectivity index (χ3v) is 2.86. The number of carbonyl (C=O) groups excluding carboxylic acids is 1. The van der Waals surface area contributed by atoms with Crippen molar-refractivity contribution in [2.75, 3.05) is 0 Å². The smallest absolute Gasteiger partial charge is 0.123 e. The summed E-state index contributed by atoms with van der Waals surface area (Å²) in [4.78, 5) is 10.7. The van der Waals surface area contributed by atoms with E-state index in [1.165, 1.54) is 24.0 Å². The molecule has 0 bridgehead atoms. The van der Waals surface area contributed by atoms with E-state index in [-0.39, 0.29) is 5.92 Å². The molecule has 0 radical (unpaired) electrons. The molecule has 78 valence electrons. The molecular weight excluding hydrogens is 172 g/mol. The summed E-state index contributed by atoms with van der Waals surface area (Å²) in [7, 11) is 0. The topological polar surface area (TPSA) is 17.1 Å². The van der Waals surface area contributed by atoms with Gasteiger partial charge in [0.15, 0.2) is 0 Å². The Kier molecular flexibility index (Phi) is 4.64. The van der Waals surface area contributed by atoms with Crippen LogP contribution >= 0.6 is 0 Å². The van der Waals surface area contributed by atoms with E-state index in [0.29, 0.717) is 0 Å². The molecule has 1 unspecified atom stereocenters. The molecule has 1 aliphatic carbocycles. The van der Waals surface area contributed by atoms with Crippen molar-refractivity contribution in [3.8, 4) is 0 Å². The lowest BCUT2D eigenvalue weighted by Gasteiger charge is -2.18. The highest BCUT2D eigenvalue weighted by molar-refractivity contribution is 5.56. The SMILES string of the molecule is CCCC/C=C1/CC(C=O)CC=C1C. The van der Waals surface area contributed by atoms with Gasteiger partial charge < -0.3 is 4.79 Å². The van der Waals surface area contributed by atoms with E-state index < -0.39 is 0 Å². The fourth-order valence-electron chi connectivity index (χ4n) is 1.81. The van der Waals surface area contributed by atoms with Gasteiger partial charge in [-0.15, -0.1) is 0 Å². The van der Waals surface area contributed by atoms with Gasteiger partial charge >= 0.3 is 0 Å². The molecule has 0 N–H and O–H groups in total. The lowest BCUT2D eigenvalue weighted by molar-refractivity contribution is -0.111. The molecule has 1 nitrogen and oxygen atoms in total. The second-order valence-corrected chi connectivity index (χ2v) is 4.09. The number of rotatable bonds is 4. The molecule has 1 aliphatic rings. The fourth-order valence-corrected chi connectivity index (χ4v) is 1.81. The van der Waals surface area contributed by atoms with Crippen molar-refractivity contribution < 1.29 is 4.79 Å². The summed E-state index contributed by atoms with van der Waals surface area (Å²) < 4.78 is 0. The van der Waals surface area contributed by atoms with Crippen LogP contribution in [0, 0.1) is 5.92 Å². The maximum absolute atomic E-state index is 10.7. The van der Waals surface area contributed by atoms with Gasteiger partial charge in [-0.25, -0.2) is 0 Å². The molecule has 1 heteroatoms. The van der Waals surface area contributed by atoms with E-state index >= 15 is 0 Å². The predicted octanol–water partition coefficient (Wildman–Crippen LogP) is 3.66. The molecule has 0 spiro atoms. The van der Waals surface area contributed by atoms with Crippen LogP contribution in [0.15, 0.2) is 23.3 Å². The van der Waals surface area contributed by atoms with Crippen molar-refractivity contribution in [3.63, 3.8) is 0 Å². The Morgan fingerprint density at radius 3 is 3.00 bits per heavy atom. The second-order valence-electron chi connectivity index (χ2n) is 4.09. The van der Waals surface area contributed by atoms with Crippen LogP contribution in [0.1, 0.15) is 46.0 Å². The third-order valence-electron chi connectivity index (χ3n) is 2.86. The molecule has 0 aromatic heterocycles. The maximum Gasteiger partial charge on any atom is 0.123 e. The quantitative estimate of drug-likeness (QED) is 0.491. The Hall–Kier alpha value is -0.850. The third kappa shape index (κ3) is 3.13. The van der Waals surface area contributed by atoms with Crippen LogP contribution < -0.4 is 0 Å². The first kappa shape index (κ1) is 11.2. The summed E-state index contributed by atoms with van der Waals surface area (Å²) in [5.41, 5.74) is 2.76. The summed E-state index contributed by atoms with van der Waals surface area (Å²) in [6.07, 6.45) is 11.1. The van der Waals surface area contributed by atoms with E-state index in [2.05, 4.69) is 26.0 Å². The molecule has 0 fully saturated rings. The molecule has 0 aromatic rings. The van der Waals surface area contributed by atoms with Crippen molar-refractivity contribution in [1.82, 2.24) is 0 Å². The molecule has 0 amide bonds. The molecule has 0 aliphatic heterocycles. The van der Waals surface area contributed by atoms with Crippen molar-refractivity contribution in [3.05, 3.63) is 23.3 Å². The molecule has 0 saturated heterocycles. The molecule has 0 heterocycles. The van der Waals surface area contributed by atoms with Gasteiger partial charge in [0.2, 0.25) is 0 Å². The first-order valence-corrected chi connectivity index (χ1v) is 5.59. The zero-order chi connectivity index (χ0) is 10.4. The lowest BCUT2D eigenvalue weighted by atomic mass is 9.86. The van der Waals surface area contributed by atoms with Crippen molar-refractivity contribution >= 4 is 6.29 Å². The second kappa shape index (κ2) is 5.79. The number of carbonyl (C=O) groups is 1. The van der Waals surface area contributed by atoms with E-state index in [9.17, 15) is 4.79 Å². The number of hydrogen-bond acceptors (Lipinski definition) is 1. The largest absolute Gasteiger partial charge is 0.303 e. The summed E-state index contributed by atoms with van der Waals surface area (Å²) in [5.74, 6) is 0.228. The van der Waals surface area contributed by atoms with Crippen LogP contribution in [0.2, 0.25) is 0 Å². The first-order valence-electron chi connectivity index (χ1n) is 5.59. The number of unbranched alkanes of at least 4 members (excludes halogenated alkanes) is 2. The van der Waals surface area contributed by atoms with Gasteiger partial charge in [0.25, 0.3) is 0 Å². The molecule has 0 aromatic carbocycles. The van der Waals surface area contributed by atoms with Crippen LogP contribution in [0.5, 0.6) is 0 Å². The zero-order valence-corrected chi connectivity index (χ0v) is 9.25. The van der Waals surface area contributed by atoms with Crippen molar-refractivity contribution in [2.45, 2.75) is 46.0 Å². The van der Waals surface area contributed by atoms with Crippen LogP contribution in [-0.2, 0) is 4.79 Å². The number of hydrogen-bond donors (Lipinski definition) is 0. The fraction of sp³-hybridized carbons (Fsp3) is 0.615. The number of allylic oxidation sites excluding steroid dienone is 4. The van der Waals surface area contributed by atoms with Gasteiger partial charge in [0.05, 0.1) is 0 Å². The summed E-state index contributed by atoms with van der Waals surface area (Å²) >= 11 is 0. The van der Waals surface area contributed by atoms with Crippen LogP contribution in [0.3, 0.4) is 0 Å². The van der Waals surface area contributed by atoms with Crippen LogP contribution in [0.25, 0.3) is 0 Å². The standard InChI is InChI=1S/C13H20O/c1-3-4-5-6-13-9-12(10-14)8-7-11(13)2/h6-7,10,12H,3-5,8-9H2,1-2H3/b13-6-. The molecule has 0 saturated carbocycles. The van der Waals surface area contributed by atoms with Crippen LogP contribution in [0.4, 0.5) is 0 Å². The summed E-state index contributed by atoms with van der Waals surface area (Å²) in [5, 5.41) is 0. The Labute approximate surface area is 86.9 Å². The average Bonchev–Trinajstić information content (AvgIpc) is 2.21.